The fourth-order valence-electron chi connectivity index (χ4n) is 1.73. The van der Waals surface area contributed by atoms with Crippen molar-refractivity contribution in [2.75, 3.05) is 7.11 Å². The fourth-order valence-corrected chi connectivity index (χ4v) is 1.73. The van der Waals surface area contributed by atoms with E-state index in [0.29, 0.717) is 29.0 Å². The molecule has 1 aromatic carbocycles. The minimum atomic E-state index is 0.317. The molecule has 0 bridgehead atoms. The second-order valence-electron chi connectivity index (χ2n) is 3.88. The summed E-state index contributed by atoms with van der Waals surface area (Å²) >= 11 is 0. The van der Waals surface area contributed by atoms with Crippen LogP contribution >= 0.6 is 0 Å². The van der Waals surface area contributed by atoms with Gasteiger partial charge in [-0.2, -0.15) is 4.98 Å². The molecule has 0 unspecified atom stereocenters. The molecule has 0 aliphatic carbocycles. The van der Waals surface area contributed by atoms with Crippen LogP contribution in [0.25, 0.3) is 23.0 Å². The zero-order valence-corrected chi connectivity index (χ0v) is 10.5. The Hall–Kier alpha value is -2.63. The zero-order valence-electron chi connectivity index (χ0n) is 10.5. The summed E-state index contributed by atoms with van der Waals surface area (Å²) in [6.45, 7) is 1.75. The average Bonchev–Trinajstić information content (AvgIpc) is 3.07. The number of ether oxygens (including phenoxy) is 1. The van der Waals surface area contributed by atoms with Gasteiger partial charge in [-0.05, 0) is 12.1 Å². The van der Waals surface area contributed by atoms with Gasteiger partial charge >= 0.3 is 0 Å². The number of nitrogens with zero attached hydrogens (tertiary/aromatic N) is 3. The fraction of sp³-hybridized carbons (Fsp3) is 0.154. The lowest BCUT2D eigenvalue weighted by Crippen LogP contribution is -1.88. The van der Waals surface area contributed by atoms with Gasteiger partial charge in [-0.25, -0.2) is 4.98 Å². The van der Waals surface area contributed by atoms with E-state index in [4.69, 9.17) is 13.7 Å². The van der Waals surface area contributed by atoms with Gasteiger partial charge in [0.25, 0.3) is 5.89 Å². The molecule has 0 fully saturated rings. The van der Waals surface area contributed by atoms with Crippen LogP contribution in [0, 0.1) is 6.92 Å². The highest BCUT2D eigenvalue weighted by molar-refractivity contribution is 5.64. The minimum absolute atomic E-state index is 0.317. The topological polar surface area (TPSA) is 74.2 Å². The molecule has 2 heterocycles. The summed E-state index contributed by atoms with van der Waals surface area (Å²) in [5, 5.41) is 3.93. The van der Waals surface area contributed by atoms with Crippen LogP contribution < -0.4 is 4.74 Å². The summed E-state index contributed by atoms with van der Waals surface area (Å²) in [4.78, 5) is 8.43. The van der Waals surface area contributed by atoms with Crippen molar-refractivity contribution in [1.82, 2.24) is 15.1 Å². The molecule has 2 aromatic heterocycles. The number of aromatic nitrogens is 3. The predicted molar refractivity (Wildman–Crippen MR) is 66.5 cm³/mol. The molecule has 0 saturated carbocycles. The largest absolute Gasteiger partial charge is 0.496 e. The number of para-hydroxylation sites is 1. The van der Waals surface area contributed by atoms with E-state index in [1.165, 1.54) is 6.26 Å². The summed E-state index contributed by atoms with van der Waals surface area (Å²) in [5.41, 5.74) is 1.28. The Labute approximate surface area is 109 Å². The van der Waals surface area contributed by atoms with Gasteiger partial charge in [0, 0.05) is 6.92 Å². The highest BCUT2D eigenvalue weighted by atomic mass is 16.5. The van der Waals surface area contributed by atoms with Crippen molar-refractivity contribution in [3.8, 4) is 28.7 Å². The van der Waals surface area contributed by atoms with Crippen LogP contribution in [0.5, 0.6) is 5.75 Å². The highest BCUT2D eigenvalue weighted by Crippen LogP contribution is 2.28. The van der Waals surface area contributed by atoms with Crippen LogP contribution in [-0.4, -0.2) is 22.2 Å². The maximum absolute atomic E-state index is 5.26. The van der Waals surface area contributed by atoms with Gasteiger partial charge in [-0.3, -0.25) is 0 Å². The molecule has 3 aromatic rings. The minimum Gasteiger partial charge on any atom is -0.496 e. The molecular weight excluding hydrogens is 246 g/mol. The lowest BCUT2D eigenvalue weighted by atomic mass is 10.2. The first-order chi connectivity index (χ1) is 9.28. The van der Waals surface area contributed by atoms with E-state index >= 15 is 0 Å². The lowest BCUT2D eigenvalue weighted by Gasteiger charge is -2.02. The molecule has 6 nitrogen and oxygen atoms in total. The van der Waals surface area contributed by atoms with Gasteiger partial charge in [0.2, 0.25) is 5.82 Å². The van der Waals surface area contributed by atoms with Gasteiger partial charge in [0.15, 0.2) is 11.6 Å². The number of benzene rings is 1. The first kappa shape index (κ1) is 11.5. The van der Waals surface area contributed by atoms with E-state index in [1.54, 1.807) is 14.0 Å². The maximum atomic E-state index is 5.26. The Morgan fingerprint density at radius 2 is 2.00 bits per heavy atom. The Morgan fingerprint density at radius 3 is 2.74 bits per heavy atom. The Balaban J connectivity index is 2.01. The summed E-state index contributed by atoms with van der Waals surface area (Å²) in [7, 11) is 1.60. The van der Waals surface area contributed by atoms with Crippen LogP contribution in [0.3, 0.4) is 0 Å². The molecule has 0 aliphatic heterocycles. The smallest absolute Gasteiger partial charge is 0.280 e. The van der Waals surface area contributed by atoms with E-state index in [0.717, 1.165) is 5.56 Å². The normalized spacial score (nSPS) is 10.6. The van der Waals surface area contributed by atoms with E-state index in [-0.39, 0.29) is 0 Å². The number of oxazole rings is 1. The van der Waals surface area contributed by atoms with Gasteiger partial charge in [0.1, 0.15) is 12.0 Å². The SMILES string of the molecule is COc1ccccc1-c1noc(-c2coc(C)n2)n1. The number of hydrogen-bond donors (Lipinski definition) is 0. The number of rotatable bonds is 3. The molecule has 0 N–H and O–H groups in total. The van der Waals surface area contributed by atoms with Crippen LogP contribution in [0.4, 0.5) is 0 Å². The van der Waals surface area contributed by atoms with Gasteiger partial charge < -0.3 is 13.7 Å². The van der Waals surface area contributed by atoms with E-state index < -0.39 is 0 Å². The van der Waals surface area contributed by atoms with Gasteiger partial charge in [-0.15, -0.1) is 0 Å². The van der Waals surface area contributed by atoms with E-state index in [1.807, 2.05) is 24.3 Å². The van der Waals surface area contributed by atoms with Crippen LogP contribution in [-0.2, 0) is 0 Å². The maximum Gasteiger partial charge on any atom is 0.280 e. The van der Waals surface area contributed by atoms with E-state index in [2.05, 4.69) is 15.1 Å². The quantitative estimate of drug-likeness (QED) is 0.718. The van der Waals surface area contributed by atoms with Crippen molar-refractivity contribution < 1.29 is 13.7 Å². The van der Waals surface area contributed by atoms with Gasteiger partial charge in [0.05, 0.1) is 12.7 Å². The van der Waals surface area contributed by atoms with Gasteiger partial charge in [-0.1, -0.05) is 17.3 Å². The molecule has 19 heavy (non-hydrogen) atoms. The summed E-state index contributed by atoms with van der Waals surface area (Å²) in [5.74, 6) is 2.00. The van der Waals surface area contributed by atoms with Crippen molar-refractivity contribution in [3.63, 3.8) is 0 Å². The molecule has 6 heteroatoms. The predicted octanol–water partition coefficient (Wildman–Crippen LogP) is 2.71. The van der Waals surface area contributed by atoms with Crippen LogP contribution in [0.2, 0.25) is 0 Å². The molecular formula is C13H11N3O3. The molecule has 0 amide bonds. The highest BCUT2D eigenvalue weighted by Gasteiger charge is 2.16. The zero-order chi connectivity index (χ0) is 13.2. The first-order valence-corrected chi connectivity index (χ1v) is 5.67. The molecule has 96 valence electrons. The Kier molecular flexibility index (Phi) is 2.75. The summed E-state index contributed by atoms with van der Waals surface area (Å²) in [6, 6.07) is 7.46. The standard InChI is InChI=1S/C13H11N3O3/c1-8-14-10(7-18-8)13-15-12(16-19-13)9-5-3-4-6-11(9)17-2/h3-7H,1-2H3. The molecule has 0 saturated heterocycles. The lowest BCUT2D eigenvalue weighted by molar-refractivity contribution is 0.413. The van der Waals surface area contributed by atoms with Crippen molar-refractivity contribution in [3.05, 3.63) is 36.4 Å². The second kappa shape index (κ2) is 4.56. The summed E-state index contributed by atoms with van der Waals surface area (Å²) in [6.07, 6.45) is 1.48. The number of aryl methyl sites for hydroxylation is 1. The molecule has 0 aliphatic rings. The third-order valence-corrected chi connectivity index (χ3v) is 2.61. The molecule has 3 rings (SSSR count). The average molecular weight is 257 g/mol. The number of methoxy groups -OCH3 is 1. The second-order valence-corrected chi connectivity index (χ2v) is 3.88. The van der Waals surface area contributed by atoms with Crippen molar-refractivity contribution in [2.24, 2.45) is 0 Å². The Bertz CT molecular complexity index is 702. The molecule has 0 spiro atoms. The van der Waals surface area contributed by atoms with Crippen molar-refractivity contribution >= 4 is 0 Å². The number of hydrogen-bond acceptors (Lipinski definition) is 6. The van der Waals surface area contributed by atoms with Crippen molar-refractivity contribution in [2.45, 2.75) is 6.92 Å². The van der Waals surface area contributed by atoms with Crippen LogP contribution in [0.1, 0.15) is 5.89 Å². The summed E-state index contributed by atoms with van der Waals surface area (Å²) < 4.78 is 15.6. The van der Waals surface area contributed by atoms with Crippen molar-refractivity contribution in [1.29, 1.82) is 0 Å². The Morgan fingerprint density at radius 1 is 1.16 bits per heavy atom. The molecule has 0 radical (unpaired) electrons. The third kappa shape index (κ3) is 2.08. The van der Waals surface area contributed by atoms with Crippen LogP contribution in [0.15, 0.2) is 39.5 Å². The first-order valence-electron chi connectivity index (χ1n) is 5.67. The van der Waals surface area contributed by atoms with E-state index in [9.17, 15) is 0 Å². The molecule has 0 atom stereocenters. The monoisotopic (exact) mass is 257 g/mol. The third-order valence-electron chi connectivity index (χ3n) is 2.61.